The smallest absolute Gasteiger partial charge is 0.0415 e. The first-order valence-electron chi connectivity index (χ1n) is 8.33. The lowest BCUT2D eigenvalue weighted by atomic mass is 9.85. The predicted octanol–water partition coefficient (Wildman–Crippen LogP) is 4.57. The van der Waals surface area contributed by atoms with E-state index in [0.717, 1.165) is 24.4 Å². The van der Waals surface area contributed by atoms with E-state index in [9.17, 15) is 0 Å². The third-order valence-electron chi connectivity index (χ3n) is 5.11. The maximum Gasteiger partial charge on any atom is 0.0415 e. The van der Waals surface area contributed by atoms with E-state index in [1.165, 1.54) is 41.5 Å². The lowest BCUT2D eigenvalue weighted by Gasteiger charge is -2.43. The van der Waals surface area contributed by atoms with Gasteiger partial charge >= 0.3 is 0 Å². The molecule has 1 aromatic rings. The predicted molar refractivity (Wildman–Crippen MR) is 93.8 cm³/mol. The molecule has 1 heterocycles. The summed E-state index contributed by atoms with van der Waals surface area (Å²) in [5.41, 5.74) is 2.86. The van der Waals surface area contributed by atoms with Crippen molar-refractivity contribution >= 4 is 21.6 Å². The first-order chi connectivity index (χ1) is 10.0. The van der Waals surface area contributed by atoms with Gasteiger partial charge in [-0.3, -0.25) is 0 Å². The standard InChI is InChI=1S/C18H27BrN2/c1-12-8-13(2)14(3)21(11-12)18-7-4-16(19)9-15(18)10-20-17-5-6-17/h4,7,9,12-14,17,20H,5-6,8,10-11H2,1-3H3. The van der Waals surface area contributed by atoms with Gasteiger partial charge in [-0.25, -0.2) is 0 Å². The summed E-state index contributed by atoms with van der Waals surface area (Å²) >= 11 is 3.64. The van der Waals surface area contributed by atoms with Crippen molar-refractivity contribution in [1.29, 1.82) is 0 Å². The number of benzene rings is 1. The number of nitrogens with one attached hydrogen (secondary N) is 1. The van der Waals surface area contributed by atoms with Crippen LogP contribution in [0.25, 0.3) is 0 Å². The molecular weight excluding hydrogens is 324 g/mol. The van der Waals surface area contributed by atoms with Gasteiger partial charge in [-0.15, -0.1) is 0 Å². The maximum atomic E-state index is 3.67. The fourth-order valence-corrected chi connectivity index (χ4v) is 3.96. The van der Waals surface area contributed by atoms with E-state index in [1.807, 2.05) is 0 Å². The summed E-state index contributed by atoms with van der Waals surface area (Å²) in [5.74, 6) is 1.55. The van der Waals surface area contributed by atoms with Crippen LogP contribution < -0.4 is 10.2 Å². The molecule has 0 aromatic heterocycles. The second-order valence-corrected chi connectivity index (χ2v) is 8.06. The number of anilines is 1. The zero-order chi connectivity index (χ0) is 15.0. The van der Waals surface area contributed by atoms with Crippen molar-refractivity contribution in [1.82, 2.24) is 5.32 Å². The number of halogens is 1. The lowest BCUT2D eigenvalue weighted by Crippen LogP contribution is -2.46. The van der Waals surface area contributed by atoms with Crippen LogP contribution in [-0.2, 0) is 6.54 Å². The minimum atomic E-state index is 0.627. The molecule has 0 spiro atoms. The second kappa shape index (κ2) is 6.29. The van der Waals surface area contributed by atoms with Crippen molar-refractivity contribution in [2.75, 3.05) is 11.4 Å². The van der Waals surface area contributed by atoms with Crippen molar-refractivity contribution in [3.05, 3.63) is 28.2 Å². The molecule has 2 aliphatic rings. The summed E-state index contributed by atoms with van der Waals surface area (Å²) in [4.78, 5) is 2.63. The Morgan fingerprint density at radius 2 is 2.00 bits per heavy atom. The Labute approximate surface area is 137 Å². The molecule has 0 amide bonds. The SMILES string of the molecule is CC1CC(C)C(C)N(c2ccc(Br)cc2CNC2CC2)C1. The number of piperidine rings is 1. The lowest BCUT2D eigenvalue weighted by molar-refractivity contribution is 0.296. The summed E-state index contributed by atoms with van der Waals surface area (Å²) in [7, 11) is 0. The number of nitrogens with zero attached hydrogens (tertiary/aromatic N) is 1. The Morgan fingerprint density at radius 3 is 2.71 bits per heavy atom. The van der Waals surface area contributed by atoms with E-state index in [-0.39, 0.29) is 0 Å². The normalized spacial score (nSPS) is 29.7. The Kier molecular flexibility index (Phi) is 4.60. The van der Waals surface area contributed by atoms with Crippen molar-refractivity contribution < 1.29 is 0 Å². The van der Waals surface area contributed by atoms with Crippen molar-refractivity contribution in [2.24, 2.45) is 11.8 Å². The van der Waals surface area contributed by atoms with Crippen molar-refractivity contribution in [3.63, 3.8) is 0 Å². The summed E-state index contributed by atoms with van der Waals surface area (Å²) in [6, 6.07) is 8.17. The van der Waals surface area contributed by atoms with Crippen LogP contribution in [-0.4, -0.2) is 18.6 Å². The maximum absolute atomic E-state index is 3.67. The Balaban J connectivity index is 1.84. The molecule has 1 N–H and O–H groups in total. The number of hydrogen-bond donors (Lipinski definition) is 1. The highest BCUT2D eigenvalue weighted by Gasteiger charge is 2.30. The van der Waals surface area contributed by atoms with Crippen LogP contribution in [0.2, 0.25) is 0 Å². The Morgan fingerprint density at radius 1 is 1.24 bits per heavy atom. The fourth-order valence-electron chi connectivity index (χ4n) is 3.55. The van der Waals surface area contributed by atoms with Gasteiger partial charge < -0.3 is 10.2 Å². The second-order valence-electron chi connectivity index (χ2n) is 7.14. The van der Waals surface area contributed by atoms with Crippen LogP contribution in [0.3, 0.4) is 0 Å². The van der Waals surface area contributed by atoms with E-state index in [1.54, 1.807) is 0 Å². The van der Waals surface area contributed by atoms with Gasteiger partial charge in [0.05, 0.1) is 0 Å². The minimum absolute atomic E-state index is 0.627. The van der Waals surface area contributed by atoms with E-state index >= 15 is 0 Å². The molecule has 3 heteroatoms. The average Bonchev–Trinajstić information content (AvgIpc) is 3.25. The quantitative estimate of drug-likeness (QED) is 0.855. The highest BCUT2D eigenvalue weighted by atomic mass is 79.9. The molecule has 2 fully saturated rings. The molecule has 3 rings (SSSR count). The van der Waals surface area contributed by atoms with Gasteiger partial charge in [0.2, 0.25) is 0 Å². The fraction of sp³-hybridized carbons (Fsp3) is 0.667. The van der Waals surface area contributed by atoms with Gasteiger partial charge in [-0.1, -0.05) is 29.8 Å². The van der Waals surface area contributed by atoms with Crippen LogP contribution in [0.5, 0.6) is 0 Å². The largest absolute Gasteiger partial charge is 0.368 e. The number of rotatable bonds is 4. The molecule has 1 saturated heterocycles. The van der Waals surface area contributed by atoms with Crippen LogP contribution in [0.15, 0.2) is 22.7 Å². The zero-order valence-electron chi connectivity index (χ0n) is 13.4. The summed E-state index contributed by atoms with van der Waals surface area (Å²) in [6.07, 6.45) is 4.04. The molecule has 21 heavy (non-hydrogen) atoms. The molecular formula is C18H27BrN2. The highest BCUT2D eigenvalue weighted by molar-refractivity contribution is 9.10. The van der Waals surface area contributed by atoms with Gasteiger partial charge in [-0.05, 0) is 61.8 Å². The van der Waals surface area contributed by atoms with Crippen molar-refractivity contribution in [2.45, 2.75) is 58.7 Å². The van der Waals surface area contributed by atoms with E-state index in [4.69, 9.17) is 0 Å². The summed E-state index contributed by atoms with van der Waals surface area (Å²) < 4.78 is 1.18. The highest BCUT2D eigenvalue weighted by Crippen LogP contribution is 2.34. The zero-order valence-corrected chi connectivity index (χ0v) is 15.0. The minimum Gasteiger partial charge on any atom is -0.368 e. The van der Waals surface area contributed by atoms with Crippen LogP contribution >= 0.6 is 15.9 Å². The topological polar surface area (TPSA) is 15.3 Å². The van der Waals surface area contributed by atoms with Gasteiger partial charge in [0.25, 0.3) is 0 Å². The number of hydrogen-bond acceptors (Lipinski definition) is 2. The molecule has 0 bridgehead atoms. The third-order valence-corrected chi connectivity index (χ3v) is 5.60. The molecule has 1 aromatic carbocycles. The van der Waals surface area contributed by atoms with E-state index in [2.05, 4.69) is 65.1 Å². The van der Waals surface area contributed by atoms with Crippen LogP contribution in [0.4, 0.5) is 5.69 Å². The van der Waals surface area contributed by atoms with Crippen LogP contribution in [0, 0.1) is 11.8 Å². The Hall–Kier alpha value is -0.540. The third kappa shape index (κ3) is 3.62. The first-order valence-corrected chi connectivity index (χ1v) is 9.12. The molecule has 116 valence electrons. The van der Waals surface area contributed by atoms with Gasteiger partial charge in [0.15, 0.2) is 0 Å². The molecule has 1 saturated carbocycles. The molecule has 1 aliphatic carbocycles. The van der Waals surface area contributed by atoms with E-state index in [0.29, 0.717) is 6.04 Å². The molecule has 0 radical (unpaired) electrons. The molecule has 2 nitrogen and oxygen atoms in total. The molecule has 3 unspecified atom stereocenters. The van der Waals surface area contributed by atoms with Crippen LogP contribution in [0.1, 0.15) is 45.6 Å². The Bertz CT molecular complexity index is 498. The monoisotopic (exact) mass is 350 g/mol. The summed E-state index contributed by atoms with van der Waals surface area (Å²) in [6.45, 7) is 9.34. The first kappa shape index (κ1) is 15.4. The van der Waals surface area contributed by atoms with Gasteiger partial charge in [-0.2, -0.15) is 0 Å². The van der Waals surface area contributed by atoms with E-state index < -0.39 is 0 Å². The van der Waals surface area contributed by atoms with Gasteiger partial charge in [0, 0.05) is 35.3 Å². The average molecular weight is 351 g/mol. The summed E-state index contributed by atoms with van der Waals surface area (Å²) in [5, 5.41) is 3.67. The molecule has 1 aliphatic heterocycles. The molecule has 3 atom stereocenters. The van der Waals surface area contributed by atoms with Crippen molar-refractivity contribution in [3.8, 4) is 0 Å². The van der Waals surface area contributed by atoms with Gasteiger partial charge in [0.1, 0.15) is 0 Å².